The second-order valence-electron chi connectivity index (χ2n) is 3.49. The fourth-order valence-electron chi connectivity index (χ4n) is 1.47. The fraction of sp³-hybridized carbons (Fsp3) is 0.273. The zero-order valence-electron chi connectivity index (χ0n) is 9.88. The Labute approximate surface area is 104 Å². The van der Waals surface area contributed by atoms with Gasteiger partial charge in [-0.15, -0.1) is 0 Å². The second-order valence-corrected chi connectivity index (χ2v) is 3.49. The molecule has 0 aliphatic rings. The monoisotopic (exact) mass is 247 g/mol. The molecule has 2 aromatic rings. The summed E-state index contributed by atoms with van der Waals surface area (Å²) in [5.41, 5.74) is 0.505. The normalized spacial score (nSPS) is 10.1. The van der Waals surface area contributed by atoms with Crippen molar-refractivity contribution in [2.24, 2.45) is 0 Å². The lowest BCUT2D eigenvalue weighted by atomic mass is 10.2. The molecule has 7 heteroatoms. The van der Waals surface area contributed by atoms with Crippen molar-refractivity contribution in [2.75, 3.05) is 18.9 Å². The van der Waals surface area contributed by atoms with Gasteiger partial charge in [0.25, 0.3) is 5.91 Å². The van der Waals surface area contributed by atoms with Gasteiger partial charge in [0.05, 0.1) is 5.56 Å². The molecule has 0 radical (unpaired) electrons. The average Bonchev–Trinajstić information content (AvgIpc) is 2.91. The molecule has 1 amide bonds. The lowest BCUT2D eigenvalue weighted by molar-refractivity contribution is 0.0954. The summed E-state index contributed by atoms with van der Waals surface area (Å²) in [6.45, 7) is 0.430. The molecular formula is C11H13N5O2. The SMILES string of the molecule is CNc1ncccc1C(=O)NCCc1ncno1. The van der Waals surface area contributed by atoms with Crippen LogP contribution in [0.15, 0.2) is 29.2 Å². The Morgan fingerprint density at radius 2 is 2.33 bits per heavy atom. The van der Waals surface area contributed by atoms with Crippen molar-refractivity contribution in [1.82, 2.24) is 20.4 Å². The molecule has 2 N–H and O–H groups in total. The molecule has 0 saturated carbocycles. The van der Waals surface area contributed by atoms with E-state index < -0.39 is 0 Å². The van der Waals surface area contributed by atoms with E-state index in [1.165, 1.54) is 6.33 Å². The molecule has 0 aliphatic heterocycles. The van der Waals surface area contributed by atoms with Crippen LogP contribution in [-0.4, -0.2) is 34.6 Å². The molecule has 0 saturated heterocycles. The Balaban J connectivity index is 1.91. The summed E-state index contributed by atoms with van der Waals surface area (Å²) in [5, 5.41) is 9.12. The highest BCUT2D eigenvalue weighted by Crippen LogP contribution is 2.09. The van der Waals surface area contributed by atoms with Crippen LogP contribution in [0.3, 0.4) is 0 Å². The predicted molar refractivity (Wildman–Crippen MR) is 64.1 cm³/mol. The van der Waals surface area contributed by atoms with Crippen molar-refractivity contribution < 1.29 is 9.32 Å². The average molecular weight is 247 g/mol. The lowest BCUT2D eigenvalue weighted by Crippen LogP contribution is -2.26. The molecule has 0 fully saturated rings. The summed E-state index contributed by atoms with van der Waals surface area (Å²) in [6.07, 6.45) is 3.46. The van der Waals surface area contributed by atoms with Crippen molar-refractivity contribution >= 4 is 11.7 Å². The van der Waals surface area contributed by atoms with E-state index in [4.69, 9.17) is 4.52 Å². The van der Waals surface area contributed by atoms with Crippen molar-refractivity contribution in [3.8, 4) is 0 Å². The van der Waals surface area contributed by atoms with Gasteiger partial charge in [0.1, 0.15) is 5.82 Å². The second kappa shape index (κ2) is 5.76. The van der Waals surface area contributed by atoms with Crippen LogP contribution >= 0.6 is 0 Å². The minimum Gasteiger partial charge on any atom is -0.372 e. The Kier molecular flexibility index (Phi) is 3.85. The number of nitrogens with zero attached hydrogens (tertiary/aromatic N) is 3. The molecule has 7 nitrogen and oxygen atoms in total. The van der Waals surface area contributed by atoms with E-state index in [2.05, 4.69) is 25.8 Å². The summed E-state index contributed by atoms with van der Waals surface area (Å²) in [4.78, 5) is 19.8. The Bertz CT molecular complexity index is 512. The van der Waals surface area contributed by atoms with E-state index in [0.717, 1.165) is 0 Å². The number of nitrogens with one attached hydrogen (secondary N) is 2. The van der Waals surface area contributed by atoms with Gasteiger partial charge >= 0.3 is 0 Å². The van der Waals surface area contributed by atoms with Crippen molar-refractivity contribution in [3.63, 3.8) is 0 Å². The quantitative estimate of drug-likeness (QED) is 0.798. The zero-order chi connectivity index (χ0) is 12.8. The maximum atomic E-state index is 11.9. The predicted octanol–water partition coefficient (Wildman–Crippen LogP) is 0.479. The smallest absolute Gasteiger partial charge is 0.255 e. The van der Waals surface area contributed by atoms with E-state index in [0.29, 0.717) is 30.2 Å². The first-order valence-electron chi connectivity index (χ1n) is 5.48. The van der Waals surface area contributed by atoms with Crippen molar-refractivity contribution in [2.45, 2.75) is 6.42 Å². The van der Waals surface area contributed by atoms with E-state index in [-0.39, 0.29) is 5.91 Å². The molecule has 0 aliphatic carbocycles. The number of hydrogen-bond acceptors (Lipinski definition) is 6. The van der Waals surface area contributed by atoms with Crippen LogP contribution in [0.2, 0.25) is 0 Å². The van der Waals surface area contributed by atoms with E-state index in [1.807, 2.05) is 0 Å². The summed E-state index contributed by atoms with van der Waals surface area (Å²) in [5.74, 6) is 0.857. The molecular weight excluding hydrogens is 234 g/mol. The van der Waals surface area contributed by atoms with E-state index in [9.17, 15) is 4.79 Å². The van der Waals surface area contributed by atoms with Gasteiger partial charge in [0.2, 0.25) is 5.89 Å². The number of amides is 1. The van der Waals surface area contributed by atoms with Crippen LogP contribution in [0.5, 0.6) is 0 Å². The van der Waals surface area contributed by atoms with Crippen LogP contribution in [0.4, 0.5) is 5.82 Å². The van der Waals surface area contributed by atoms with Gasteiger partial charge < -0.3 is 15.2 Å². The number of carbonyl (C=O) groups is 1. The molecule has 18 heavy (non-hydrogen) atoms. The minimum atomic E-state index is -0.188. The third-order valence-corrected chi connectivity index (χ3v) is 2.32. The zero-order valence-corrected chi connectivity index (χ0v) is 9.88. The molecule has 2 heterocycles. The van der Waals surface area contributed by atoms with E-state index >= 15 is 0 Å². The number of rotatable bonds is 5. The van der Waals surface area contributed by atoms with Gasteiger partial charge in [-0.25, -0.2) is 4.98 Å². The first kappa shape index (κ1) is 12.0. The Morgan fingerprint density at radius 1 is 1.44 bits per heavy atom. The van der Waals surface area contributed by atoms with Gasteiger partial charge in [-0.1, -0.05) is 5.16 Å². The number of anilines is 1. The van der Waals surface area contributed by atoms with Gasteiger partial charge in [0, 0.05) is 26.2 Å². The van der Waals surface area contributed by atoms with Crippen LogP contribution in [0.25, 0.3) is 0 Å². The summed E-state index contributed by atoms with van der Waals surface area (Å²) >= 11 is 0. The highest BCUT2D eigenvalue weighted by atomic mass is 16.5. The van der Waals surface area contributed by atoms with Gasteiger partial charge in [-0.2, -0.15) is 4.98 Å². The van der Waals surface area contributed by atoms with Crippen LogP contribution < -0.4 is 10.6 Å². The largest absolute Gasteiger partial charge is 0.372 e. The fourth-order valence-corrected chi connectivity index (χ4v) is 1.47. The van der Waals surface area contributed by atoms with Gasteiger partial charge in [0.15, 0.2) is 6.33 Å². The van der Waals surface area contributed by atoms with Crippen molar-refractivity contribution in [3.05, 3.63) is 36.1 Å². The first-order chi connectivity index (χ1) is 8.81. The van der Waals surface area contributed by atoms with Crippen LogP contribution in [-0.2, 0) is 6.42 Å². The Hall–Kier alpha value is -2.44. The first-order valence-corrected chi connectivity index (χ1v) is 5.48. The molecule has 2 rings (SSSR count). The summed E-state index contributed by atoms with van der Waals surface area (Å²) < 4.78 is 4.83. The molecule has 94 valence electrons. The van der Waals surface area contributed by atoms with Crippen LogP contribution in [0, 0.1) is 0 Å². The highest BCUT2D eigenvalue weighted by molar-refractivity contribution is 5.98. The molecule has 0 bridgehead atoms. The number of hydrogen-bond donors (Lipinski definition) is 2. The molecule has 0 aromatic carbocycles. The van der Waals surface area contributed by atoms with Gasteiger partial charge in [-0.05, 0) is 12.1 Å². The van der Waals surface area contributed by atoms with Gasteiger partial charge in [-0.3, -0.25) is 4.79 Å². The Morgan fingerprint density at radius 3 is 3.06 bits per heavy atom. The number of aromatic nitrogens is 3. The topological polar surface area (TPSA) is 92.9 Å². The third kappa shape index (κ3) is 2.82. The highest BCUT2D eigenvalue weighted by Gasteiger charge is 2.10. The molecule has 0 spiro atoms. The summed E-state index contributed by atoms with van der Waals surface area (Å²) in [7, 11) is 1.72. The summed E-state index contributed by atoms with van der Waals surface area (Å²) in [6, 6.07) is 3.43. The van der Waals surface area contributed by atoms with Crippen LogP contribution in [0.1, 0.15) is 16.2 Å². The maximum Gasteiger partial charge on any atom is 0.255 e. The lowest BCUT2D eigenvalue weighted by Gasteiger charge is -2.07. The number of carbonyl (C=O) groups excluding carboxylic acids is 1. The number of pyridine rings is 1. The molecule has 0 unspecified atom stereocenters. The third-order valence-electron chi connectivity index (χ3n) is 2.32. The van der Waals surface area contributed by atoms with Crippen molar-refractivity contribution in [1.29, 1.82) is 0 Å². The molecule has 2 aromatic heterocycles. The molecule has 0 atom stereocenters. The standard InChI is InChI=1S/C11H13N5O2/c1-12-10-8(3-2-5-13-10)11(17)14-6-4-9-15-7-16-18-9/h2-3,5,7H,4,6H2,1H3,(H,12,13)(H,14,17). The van der Waals surface area contributed by atoms with E-state index in [1.54, 1.807) is 25.4 Å². The minimum absolute atomic E-state index is 0.188. The maximum absolute atomic E-state index is 11.9.